The number of carbonyl (C=O) groups excluding carboxylic acids is 1. The van der Waals surface area contributed by atoms with E-state index >= 15 is 0 Å². The average Bonchev–Trinajstić information content (AvgIpc) is 3.12. The fraction of sp³-hybridized carbons (Fsp3) is 0.158. The number of ether oxygens (including phenoxy) is 1. The number of thiazole rings is 1. The number of carbonyl (C=O) groups is 1. The molecule has 0 aliphatic carbocycles. The minimum absolute atomic E-state index is 0.189. The Balaban J connectivity index is 1.65. The molecule has 0 spiro atoms. The van der Waals surface area contributed by atoms with E-state index in [0.29, 0.717) is 10.8 Å². The highest BCUT2D eigenvalue weighted by molar-refractivity contribution is 7.90. The molecule has 0 aliphatic rings. The molecule has 0 saturated carbocycles. The van der Waals surface area contributed by atoms with Gasteiger partial charge in [0.05, 0.1) is 0 Å². The molecule has 8 heteroatoms. The van der Waals surface area contributed by atoms with Gasteiger partial charge in [-0.2, -0.15) is 8.42 Å². The summed E-state index contributed by atoms with van der Waals surface area (Å²) < 4.78 is 32.1. The van der Waals surface area contributed by atoms with Gasteiger partial charge in [0.25, 0.3) is 15.9 Å². The van der Waals surface area contributed by atoms with Gasteiger partial charge in [-0.3, -0.25) is 4.79 Å². The normalized spacial score (nSPS) is 11.2. The first-order valence-electron chi connectivity index (χ1n) is 8.12. The summed E-state index contributed by atoms with van der Waals surface area (Å²) in [6, 6.07) is 14.8. The lowest BCUT2D eigenvalue weighted by Crippen LogP contribution is -2.34. The van der Waals surface area contributed by atoms with Gasteiger partial charge in [0.2, 0.25) is 0 Å². The quantitative estimate of drug-likeness (QED) is 0.684. The molecule has 0 bridgehead atoms. The third-order valence-corrected chi connectivity index (χ3v) is 6.01. The van der Waals surface area contributed by atoms with Gasteiger partial charge in [-0.05, 0) is 25.5 Å². The van der Waals surface area contributed by atoms with Crippen molar-refractivity contribution in [3.63, 3.8) is 0 Å². The largest absolute Gasteiger partial charge is 0.483 e. The molecule has 1 N–H and O–H groups in total. The maximum absolute atomic E-state index is 12.4. The van der Waals surface area contributed by atoms with Crippen LogP contribution < -0.4 is 9.46 Å². The summed E-state index contributed by atoms with van der Waals surface area (Å²) in [6.07, 6.45) is 0. The van der Waals surface area contributed by atoms with Gasteiger partial charge in [-0.15, -0.1) is 11.3 Å². The van der Waals surface area contributed by atoms with Crippen LogP contribution in [-0.4, -0.2) is 25.9 Å². The molecule has 3 aromatic rings. The fourth-order valence-electron chi connectivity index (χ4n) is 2.43. The van der Waals surface area contributed by atoms with Gasteiger partial charge in [0.15, 0.2) is 11.6 Å². The monoisotopic (exact) mass is 402 g/mol. The standard InChI is InChI=1S/C19H18N2O4S2/c1-13-8-9-16(14(2)10-13)25-11-17(22)21-27(23,24)18-12-26-19(20-18)15-6-4-3-5-7-15/h3-10,12H,11H2,1-2H3,(H,21,22). The number of aromatic nitrogens is 1. The van der Waals surface area contributed by atoms with E-state index in [1.807, 2.05) is 61.0 Å². The lowest BCUT2D eigenvalue weighted by atomic mass is 10.1. The summed E-state index contributed by atoms with van der Waals surface area (Å²) in [4.78, 5) is 16.1. The number of aryl methyl sites for hydroxylation is 2. The molecular weight excluding hydrogens is 384 g/mol. The summed E-state index contributed by atoms with van der Waals surface area (Å²) in [6.45, 7) is 3.41. The molecule has 0 aliphatic heterocycles. The Kier molecular flexibility index (Phi) is 5.57. The van der Waals surface area contributed by atoms with E-state index in [2.05, 4.69) is 4.98 Å². The zero-order valence-corrected chi connectivity index (χ0v) is 16.4. The van der Waals surface area contributed by atoms with Crippen LogP contribution in [0.5, 0.6) is 5.75 Å². The summed E-state index contributed by atoms with van der Waals surface area (Å²) in [5.74, 6) is -0.225. The minimum Gasteiger partial charge on any atom is -0.483 e. The van der Waals surface area contributed by atoms with Gasteiger partial charge < -0.3 is 4.74 Å². The van der Waals surface area contributed by atoms with Crippen LogP contribution in [-0.2, 0) is 14.8 Å². The maximum Gasteiger partial charge on any atom is 0.282 e. The molecule has 27 heavy (non-hydrogen) atoms. The average molecular weight is 402 g/mol. The van der Waals surface area contributed by atoms with Crippen LogP contribution in [0, 0.1) is 13.8 Å². The first-order chi connectivity index (χ1) is 12.8. The SMILES string of the molecule is Cc1ccc(OCC(=O)NS(=O)(=O)c2csc(-c3ccccc3)n2)c(C)c1. The molecule has 1 heterocycles. The third-order valence-electron chi connectivity index (χ3n) is 3.72. The van der Waals surface area contributed by atoms with E-state index in [1.54, 1.807) is 6.07 Å². The Hall–Kier alpha value is -2.71. The van der Waals surface area contributed by atoms with Crippen molar-refractivity contribution in [2.45, 2.75) is 18.9 Å². The first-order valence-corrected chi connectivity index (χ1v) is 10.5. The van der Waals surface area contributed by atoms with Gasteiger partial charge in [-0.25, -0.2) is 9.71 Å². The molecule has 1 amide bonds. The van der Waals surface area contributed by atoms with Gasteiger partial charge in [0, 0.05) is 10.9 Å². The molecule has 0 unspecified atom stereocenters. The molecule has 2 aromatic carbocycles. The molecule has 1 aromatic heterocycles. The maximum atomic E-state index is 12.4. The lowest BCUT2D eigenvalue weighted by Gasteiger charge is -2.09. The Morgan fingerprint density at radius 1 is 1.15 bits per heavy atom. The number of hydrogen-bond donors (Lipinski definition) is 1. The van der Waals surface area contributed by atoms with E-state index in [4.69, 9.17) is 4.74 Å². The zero-order chi connectivity index (χ0) is 19.4. The highest BCUT2D eigenvalue weighted by atomic mass is 32.2. The van der Waals surface area contributed by atoms with Gasteiger partial charge in [-0.1, -0.05) is 48.0 Å². The van der Waals surface area contributed by atoms with E-state index in [-0.39, 0.29) is 5.03 Å². The molecule has 0 radical (unpaired) electrons. The Morgan fingerprint density at radius 3 is 2.59 bits per heavy atom. The molecule has 140 valence electrons. The third kappa shape index (κ3) is 4.72. The summed E-state index contributed by atoms with van der Waals surface area (Å²) in [5.41, 5.74) is 2.76. The van der Waals surface area contributed by atoms with Gasteiger partial charge in [0.1, 0.15) is 10.8 Å². The molecule has 3 rings (SSSR count). The number of sulfonamides is 1. The number of nitrogens with one attached hydrogen (secondary N) is 1. The fourth-order valence-corrected chi connectivity index (χ4v) is 4.50. The predicted molar refractivity (Wildman–Crippen MR) is 104 cm³/mol. The number of hydrogen-bond acceptors (Lipinski definition) is 6. The van der Waals surface area contributed by atoms with Gasteiger partial charge >= 0.3 is 0 Å². The van der Waals surface area contributed by atoms with Crippen LogP contribution in [0.15, 0.2) is 58.9 Å². The summed E-state index contributed by atoms with van der Waals surface area (Å²) >= 11 is 1.20. The summed E-state index contributed by atoms with van der Waals surface area (Å²) in [7, 11) is -4.05. The highest BCUT2D eigenvalue weighted by Crippen LogP contribution is 2.25. The van der Waals surface area contributed by atoms with Crippen molar-refractivity contribution in [1.29, 1.82) is 0 Å². The van der Waals surface area contributed by atoms with Crippen molar-refractivity contribution in [2.24, 2.45) is 0 Å². The van der Waals surface area contributed by atoms with Crippen LogP contribution in [0.25, 0.3) is 10.6 Å². The highest BCUT2D eigenvalue weighted by Gasteiger charge is 2.22. The van der Waals surface area contributed by atoms with Crippen LogP contribution >= 0.6 is 11.3 Å². The first kappa shape index (κ1) is 19.1. The Morgan fingerprint density at radius 2 is 1.89 bits per heavy atom. The van der Waals surface area contributed by atoms with E-state index in [9.17, 15) is 13.2 Å². The van der Waals surface area contributed by atoms with E-state index in [1.165, 1.54) is 16.7 Å². The number of nitrogens with zero attached hydrogens (tertiary/aromatic N) is 1. The molecule has 6 nitrogen and oxygen atoms in total. The molecule has 0 saturated heterocycles. The van der Waals surface area contributed by atoms with Crippen LogP contribution in [0.1, 0.15) is 11.1 Å². The second-order valence-corrected chi connectivity index (χ2v) is 8.43. The smallest absolute Gasteiger partial charge is 0.282 e. The van der Waals surface area contributed by atoms with Crippen molar-refractivity contribution >= 4 is 27.3 Å². The predicted octanol–water partition coefficient (Wildman–Crippen LogP) is 3.31. The number of rotatable bonds is 6. The zero-order valence-electron chi connectivity index (χ0n) is 14.8. The van der Waals surface area contributed by atoms with Crippen molar-refractivity contribution in [2.75, 3.05) is 6.61 Å². The van der Waals surface area contributed by atoms with Crippen molar-refractivity contribution in [3.05, 3.63) is 65.0 Å². The van der Waals surface area contributed by atoms with Crippen molar-refractivity contribution in [3.8, 4) is 16.3 Å². The topological polar surface area (TPSA) is 85.4 Å². The van der Waals surface area contributed by atoms with Crippen LogP contribution in [0.4, 0.5) is 0 Å². The second kappa shape index (κ2) is 7.89. The second-order valence-electron chi connectivity index (χ2n) is 5.94. The molecular formula is C19H18N2O4S2. The number of benzene rings is 2. The lowest BCUT2D eigenvalue weighted by molar-refractivity contribution is -0.121. The van der Waals surface area contributed by atoms with Crippen LogP contribution in [0.3, 0.4) is 0 Å². The number of amides is 1. The Labute approximate surface area is 161 Å². The van der Waals surface area contributed by atoms with E-state index < -0.39 is 22.5 Å². The van der Waals surface area contributed by atoms with Crippen molar-refractivity contribution in [1.82, 2.24) is 9.71 Å². The molecule has 0 fully saturated rings. The minimum atomic E-state index is -4.05. The molecule has 0 atom stereocenters. The Bertz CT molecular complexity index is 1060. The van der Waals surface area contributed by atoms with Crippen LogP contribution in [0.2, 0.25) is 0 Å². The van der Waals surface area contributed by atoms with E-state index in [0.717, 1.165) is 16.7 Å². The summed E-state index contributed by atoms with van der Waals surface area (Å²) in [5, 5.41) is 1.78. The van der Waals surface area contributed by atoms with Crippen molar-refractivity contribution < 1.29 is 17.9 Å².